The van der Waals surface area contributed by atoms with Crippen LogP contribution < -0.4 is 0 Å². The van der Waals surface area contributed by atoms with Crippen LogP contribution in [0, 0.1) is 0 Å². The van der Waals surface area contributed by atoms with Gasteiger partial charge in [0.1, 0.15) is 12.4 Å². The van der Waals surface area contributed by atoms with Gasteiger partial charge in [0.2, 0.25) is 0 Å². The molecule has 1 N–H and O–H groups in total. The van der Waals surface area contributed by atoms with Gasteiger partial charge >= 0.3 is 6.09 Å². The molecule has 1 aliphatic heterocycles. The first kappa shape index (κ1) is 19.6. The molecule has 0 unspecified atom stereocenters. The van der Waals surface area contributed by atoms with E-state index in [1.165, 1.54) is 22.3 Å². The zero-order chi connectivity index (χ0) is 21.2. The lowest BCUT2D eigenvalue weighted by molar-refractivity contribution is 0.0728. The molecule has 5 heteroatoms. The fourth-order valence-electron chi connectivity index (χ4n) is 4.63. The summed E-state index contributed by atoms with van der Waals surface area (Å²) in [5.74, 6) is 0.371. The summed E-state index contributed by atoms with van der Waals surface area (Å²) in [6.07, 6.45) is -0.230. The van der Waals surface area contributed by atoms with Crippen molar-refractivity contribution in [1.82, 2.24) is 9.80 Å². The maximum Gasteiger partial charge on any atom is 0.409 e. The van der Waals surface area contributed by atoms with Crippen LogP contribution in [-0.4, -0.2) is 53.8 Å². The van der Waals surface area contributed by atoms with Gasteiger partial charge in [-0.15, -0.1) is 0 Å². The first-order valence-electron chi connectivity index (χ1n) is 10.8. The average molecular weight is 415 g/mol. The first-order valence-corrected chi connectivity index (χ1v) is 10.8. The Morgan fingerprint density at radius 2 is 1.42 bits per heavy atom. The van der Waals surface area contributed by atoms with Crippen molar-refractivity contribution in [2.24, 2.45) is 0 Å². The van der Waals surface area contributed by atoms with Crippen LogP contribution >= 0.6 is 0 Å². The SMILES string of the molecule is O=C(OCC1c2ccccc2-c2ccccc21)N1CCN(Cc2ccc(O)cc2)CC1. The van der Waals surface area contributed by atoms with E-state index in [9.17, 15) is 9.90 Å². The monoisotopic (exact) mass is 414 g/mol. The highest BCUT2D eigenvalue weighted by Gasteiger charge is 2.30. The predicted molar refractivity (Wildman–Crippen MR) is 120 cm³/mol. The van der Waals surface area contributed by atoms with Crippen LogP contribution in [0.5, 0.6) is 5.75 Å². The highest BCUT2D eigenvalue weighted by molar-refractivity contribution is 5.79. The number of fused-ring (bicyclic) bond motifs is 3. The first-order chi connectivity index (χ1) is 15.2. The van der Waals surface area contributed by atoms with Gasteiger partial charge in [0.05, 0.1) is 0 Å². The normalized spacial score (nSPS) is 16.1. The zero-order valence-electron chi connectivity index (χ0n) is 17.4. The summed E-state index contributed by atoms with van der Waals surface area (Å²) >= 11 is 0. The van der Waals surface area contributed by atoms with Gasteiger partial charge in [0, 0.05) is 38.6 Å². The molecule has 3 aromatic carbocycles. The summed E-state index contributed by atoms with van der Waals surface area (Å²) in [4.78, 5) is 16.9. The van der Waals surface area contributed by atoms with Gasteiger partial charge in [-0.05, 0) is 39.9 Å². The van der Waals surface area contributed by atoms with Crippen LogP contribution in [0.3, 0.4) is 0 Å². The molecule has 5 rings (SSSR count). The van der Waals surface area contributed by atoms with Crippen molar-refractivity contribution < 1.29 is 14.6 Å². The number of piperazine rings is 1. The largest absolute Gasteiger partial charge is 0.508 e. The Labute approximate surface area is 182 Å². The van der Waals surface area contributed by atoms with Gasteiger partial charge in [-0.3, -0.25) is 4.90 Å². The van der Waals surface area contributed by atoms with E-state index >= 15 is 0 Å². The second kappa shape index (κ2) is 8.44. The molecule has 0 bridgehead atoms. The summed E-state index contributed by atoms with van der Waals surface area (Å²) in [7, 11) is 0. The van der Waals surface area contributed by atoms with Crippen molar-refractivity contribution in [2.45, 2.75) is 12.5 Å². The van der Waals surface area contributed by atoms with Gasteiger partial charge in [0.15, 0.2) is 0 Å². The van der Waals surface area contributed by atoms with Crippen molar-refractivity contribution in [3.8, 4) is 16.9 Å². The minimum absolute atomic E-state index is 0.0899. The van der Waals surface area contributed by atoms with Gasteiger partial charge in [0.25, 0.3) is 0 Å². The molecule has 0 saturated carbocycles. The Hall–Kier alpha value is -3.31. The standard InChI is InChI=1S/C26H26N2O3/c29-20-11-9-19(10-12-20)17-27-13-15-28(16-14-27)26(30)31-18-25-23-7-3-1-5-21(23)22-6-2-4-8-24(22)25/h1-12,25,29H,13-18H2. The smallest absolute Gasteiger partial charge is 0.409 e. The fourth-order valence-corrected chi connectivity index (χ4v) is 4.63. The van der Waals surface area contributed by atoms with E-state index in [1.807, 2.05) is 24.3 Å². The van der Waals surface area contributed by atoms with E-state index in [1.54, 1.807) is 17.0 Å². The van der Waals surface area contributed by atoms with Gasteiger partial charge in [-0.2, -0.15) is 0 Å². The van der Waals surface area contributed by atoms with E-state index in [-0.39, 0.29) is 17.8 Å². The zero-order valence-corrected chi connectivity index (χ0v) is 17.4. The third-order valence-corrected chi connectivity index (χ3v) is 6.31. The highest BCUT2D eigenvalue weighted by atomic mass is 16.6. The molecule has 1 saturated heterocycles. The summed E-state index contributed by atoms with van der Waals surface area (Å²) < 4.78 is 5.79. The minimum atomic E-state index is -0.230. The number of phenols is 1. The van der Waals surface area contributed by atoms with E-state index in [4.69, 9.17) is 4.74 Å². The van der Waals surface area contributed by atoms with Crippen molar-refractivity contribution in [3.63, 3.8) is 0 Å². The van der Waals surface area contributed by atoms with Gasteiger partial charge in [-0.25, -0.2) is 4.79 Å². The van der Waals surface area contributed by atoms with Gasteiger partial charge < -0.3 is 14.7 Å². The third kappa shape index (κ3) is 4.01. The number of ether oxygens (including phenoxy) is 1. The Morgan fingerprint density at radius 3 is 2.03 bits per heavy atom. The molecule has 3 aromatic rings. The molecular formula is C26H26N2O3. The number of rotatable bonds is 4. The summed E-state index contributed by atoms with van der Waals surface area (Å²) in [6, 6.07) is 24.1. The second-order valence-corrected chi connectivity index (χ2v) is 8.23. The maximum atomic E-state index is 12.7. The van der Waals surface area contributed by atoms with Gasteiger partial charge in [-0.1, -0.05) is 60.7 Å². The minimum Gasteiger partial charge on any atom is -0.508 e. The molecular weight excluding hydrogens is 388 g/mol. The molecule has 1 amide bonds. The molecule has 0 spiro atoms. The summed E-state index contributed by atoms with van der Waals surface area (Å²) in [6.45, 7) is 4.12. The molecule has 2 aliphatic rings. The second-order valence-electron chi connectivity index (χ2n) is 8.23. The quantitative estimate of drug-likeness (QED) is 0.685. The number of hydrogen-bond acceptors (Lipinski definition) is 4. The van der Waals surface area contributed by atoms with Crippen LogP contribution in [0.1, 0.15) is 22.6 Å². The maximum absolute atomic E-state index is 12.7. The third-order valence-electron chi connectivity index (χ3n) is 6.31. The van der Waals surface area contributed by atoms with E-state index < -0.39 is 0 Å². The Morgan fingerprint density at radius 1 is 0.839 bits per heavy atom. The number of amides is 1. The van der Waals surface area contributed by atoms with Crippen molar-refractivity contribution in [1.29, 1.82) is 0 Å². The number of benzene rings is 3. The predicted octanol–water partition coefficient (Wildman–Crippen LogP) is 4.46. The lowest BCUT2D eigenvalue weighted by Gasteiger charge is -2.34. The molecule has 1 heterocycles. The van der Waals surface area contributed by atoms with Crippen LogP contribution in [-0.2, 0) is 11.3 Å². The lowest BCUT2D eigenvalue weighted by atomic mass is 9.98. The van der Waals surface area contributed by atoms with E-state index in [0.29, 0.717) is 19.7 Å². The highest BCUT2D eigenvalue weighted by Crippen LogP contribution is 2.44. The number of phenolic OH excluding ortho intramolecular Hbond substituents is 1. The molecule has 0 aromatic heterocycles. The van der Waals surface area contributed by atoms with Crippen molar-refractivity contribution >= 4 is 6.09 Å². The lowest BCUT2D eigenvalue weighted by Crippen LogP contribution is -2.48. The van der Waals surface area contributed by atoms with Crippen molar-refractivity contribution in [3.05, 3.63) is 89.5 Å². The van der Waals surface area contributed by atoms with E-state index in [0.717, 1.165) is 25.2 Å². The summed E-state index contributed by atoms with van der Waals surface area (Å²) in [5.41, 5.74) is 6.10. The van der Waals surface area contributed by atoms with Crippen LogP contribution in [0.4, 0.5) is 4.79 Å². The van der Waals surface area contributed by atoms with Crippen LogP contribution in [0.15, 0.2) is 72.8 Å². The Kier molecular flexibility index (Phi) is 5.35. The average Bonchev–Trinajstić information content (AvgIpc) is 3.13. The molecule has 0 radical (unpaired) electrons. The summed E-state index contributed by atoms with van der Waals surface area (Å²) in [5, 5.41) is 9.42. The number of nitrogens with zero attached hydrogens (tertiary/aromatic N) is 2. The van der Waals surface area contributed by atoms with E-state index in [2.05, 4.69) is 41.3 Å². The number of aromatic hydroxyl groups is 1. The number of carbonyl (C=O) groups excluding carboxylic acids is 1. The van der Waals surface area contributed by atoms with Crippen molar-refractivity contribution in [2.75, 3.05) is 32.8 Å². The molecule has 0 atom stereocenters. The molecule has 1 aliphatic carbocycles. The molecule has 31 heavy (non-hydrogen) atoms. The number of hydrogen-bond donors (Lipinski definition) is 1. The fraction of sp³-hybridized carbons (Fsp3) is 0.269. The van der Waals surface area contributed by atoms with Crippen LogP contribution in [0.25, 0.3) is 11.1 Å². The van der Waals surface area contributed by atoms with Crippen LogP contribution in [0.2, 0.25) is 0 Å². The Balaban J connectivity index is 1.17. The molecule has 158 valence electrons. The topological polar surface area (TPSA) is 53.0 Å². The molecule has 5 nitrogen and oxygen atoms in total. The molecule has 1 fully saturated rings. The Bertz CT molecular complexity index is 1030. The number of carbonyl (C=O) groups is 1.